The van der Waals surface area contributed by atoms with Crippen LogP contribution in [0.1, 0.15) is 17.6 Å². The van der Waals surface area contributed by atoms with Gasteiger partial charge in [0.05, 0.1) is 0 Å². The van der Waals surface area contributed by atoms with Crippen molar-refractivity contribution in [3.05, 3.63) is 60.7 Å². The zero-order valence-corrected chi connectivity index (χ0v) is 12.0. The first-order valence-electron chi connectivity index (χ1n) is 6.90. The van der Waals surface area contributed by atoms with Crippen molar-refractivity contribution in [1.82, 2.24) is 15.1 Å². The Balaban J connectivity index is 1.88. The average Bonchev–Trinajstić information content (AvgIpc) is 3.07. The van der Waals surface area contributed by atoms with E-state index in [-0.39, 0.29) is 11.8 Å². The first-order valence-corrected chi connectivity index (χ1v) is 6.90. The summed E-state index contributed by atoms with van der Waals surface area (Å²) < 4.78 is 5.11. The number of carbonyl (C=O) groups excluding carboxylic acids is 1. The molecule has 2 heterocycles. The lowest BCUT2D eigenvalue weighted by molar-refractivity contribution is 0.0946. The molecule has 0 atom stereocenters. The van der Waals surface area contributed by atoms with Crippen LogP contribution in [0, 0.1) is 0 Å². The van der Waals surface area contributed by atoms with Crippen molar-refractivity contribution in [2.24, 2.45) is 0 Å². The van der Waals surface area contributed by atoms with Crippen LogP contribution in [-0.2, 0) is 0 Å². The van der Waals surface area contributed by atoms with Gasteiger partial charge in [0.1, 0.15) is 0 Å². The molecule has 0 saturated heterocycles. The average molecular weight is 294 g/mol. The van der Waals surface area contributed by atoms with Crippen molar-refractivity contribution in [2.45, 2.75) is 6.92 Å². The summed E-state index contributed by atoms with van der Waals surface area (Å²) in [6, 6.07) is 12.9. The largest absolute Gasteiger partial charge is 0.328 e. The fourth-order valence-electron chi connectivity index (χ4n) is 2.10. The van der Waals surface area contributed by atoms with Crippen LogP contribution in [0.4, 0.5) is 5.69 Å². The molecule has 0 N–H and O–H groups in total. The van der Waals surface area contributed by atoms with Crippen LogP contribution < -0.4 is 4.90 Å². The van der Waals surface area contributed by atoms with E-state index in [1.165, 1.54) is 0 Å². The predicted molar refractivity (Wildman–Crippen MR) is 81.3 cm³/mol. The Morgan fingerprint density at radius 2 is 1.86 bits per heavy atom. The molecular formula is C16H14N4O2. The van der Waals surface area contributed by atoms with E-state index >= 15 is 0 Å². The molecule has 6 nitrogen and oxygen atoms in total. The maximum absolute atomic E-state index is 12.5. The van der Waals surface area contributed by atoms with E-state index in [0.29, 0.717) is 12.4 Å². The minimum Gasteiger partial charge on any atom is -0.328 e. The molecule has 0 bridgehead atoms. The van der Waals surface area contributed by atoms with Gasteiger partial charge in [-0.1, -0.05) is 23.4 Å². The number of benzene rings is 1. The van der Waals surface area contributed by atoms with Gasteiger partial charge >= 0.3 is 11.8 Å². The van der Waals surface area contributed by atoms with Gasteiger partial charge < -0.3 is 9.42 Å². The number of nitrogens with zero attached hydrogens (tertiary/aromatic N) is 4. The normalized spacial score (nSPS) is 10.4. The zero-order chi connectivity index (χ0) is 15.4. The number of para-hydroxylation sites is 1. The van der Waals surface area contributed by atoms with Gasteiger partial charge in [-0.05, 0) is 31.2 Å². The summed E-state index contributed by atoms with van der Waals surface area (Å²) in [6.45, 7) is 2.40. The standard InChI is InChI=1S/C16H14N4O2/c1-2-20(13-6-4-3-5-7-13)16(21)15-18-14(19-22-15)12-8-10-17-11-9-12/h3-11H,2H2,1H3. The number of pyridine rings is 1. The Bertz CT molecular complexity index is 756. The van der Waals surface area contributed by atoms with E-state index in [4.69, 9.17) is 4.52 Å². The fourth-order valence-corrected chi connectivity index (χ4v) is 2.10. The van der Waals surface area contributed by atoms with Crippen LogP contribution in [0.15, 0.2) is 59.4 Å². The Kier molecular flexibility index (Phi) is 3.91. The van der Waals surface area contributed by atoms with Crippen LogP contribution in [0.2, 0.25) is 0 Å². The highest BCUT2D eigenvalue weighted by Gasteiger charge is 2.22. The summed E-state index contributed by atoms with van der Waals surface area (Å²) in [5.74, 6) is 0.0221. The van der Waals surface area contributed by atoms with Crippen molar-refractivity contribution in [3.8, 4) is 11.4 Å². The van der Waals surface area contributed by atoms with E-state index in [0.717, 1.165) is 11.3 Å². The number of aromatic nitrogens is 3. The van der Waals surface area contributed by atoms with Gasteiger partial charge in [0.25, 0.3) is 0 Å². The van der Waals surface area contributed by atoms with E-state index in [1.807, 2.05) is 37.3 Å². The molecule has 3 aromatic rings. The third kappa shape index (κ3) is 2.71. The number of hydrogen-bond acceptors (Lipinski definition) is 5. The Hall–Kier alpha value is -3.02. The topological polar surface area (TPSA) is 72.1 Å². The van der Waals surface area contributed by atoms with Crippen molar-refractivity contribution in [1.29, 1.82) is 0 Å². The van der Waals surface area contributed by atoms with Gasteiger partial charge in [-0.25, -0.2) is 0 Å². The van der Waals surface area contributed by atoms with Gasteiger partial charge in [-0.2, -0.15) is 4.98 Å². The Morgan fingerprint density at radius 1 is 1.14 bits per heavy atom. The summed E-state index contributed by atoms with van der Waals surface area (Å²) >= 11 is 0. The molecule has 0 saturated carbocycles. The molecule has 0 aliphatic heterocycles. The highest BCUT2D eigenvalue weighted by atomic mass is 16.5. The summed E-state index contributed by atoms with van der Waals surface area (Å²) in [4.78, 5) is 22.2. The summed E-state index contributed by atoms with van der Waals surface area (Å²) in [7, 11) is 0. The lowest BCUT2D eigenvalue weighted by Crippen LogP contribution is -2.30. The summed E-state index contributed by atoms with van der Waals surface area (Å²) in [5.41, 5.74) is 1.54. The Labute approximate surface area is 127 Å². The van der Waals surface area contributed by atoms with E-state index < -0.39 is 0 Å². The lowest BCUT2D eigenvalue weighted by atomic mass is 10.2. The quantitative estimate of drug-likeness (QED) is 0.740. The van der Waals surface area contributed by atoms with Crippen molar-refractivity contribution < 1.29 is 9.32 Å². The van der Waals surface area contributed by atoms with Gasteiger partial charge in [0.2, 0.25) is 5.82 Å². The molecule has 0 unspecified atom stereocenters. The number of hydrogen-bond donors (Lipinski definition) is 0. The number of rotatable bonds is 4. The third-order valence-corrected chi connectivity index (χ3v) is 3.18. The van der Waals surface area contributed by atoms with Crippen LogP contribution in [0.5, 0.6) is 0 Å². The van der Waals surface area contributed by atoms with Gasteiger partial charge in [-0.3, -0.25) is 9.78 Å². The maximum atomic E-state index is 12.5. The second-order valence-corrected chi connectivity index (χ2v) is 4.54. The fraction of sp³-hybridized carbons (Fsp3) is 0.125. The second kappa shape index (κ2) is 6.17. The lowest BCUT2D eigenvalue weighted by Gasteiger charge is -2.18. The maximum Gasteiger partial charge on any atom is 0.316 e. The second-order valence-electron chi connectivity index (χ2n) is 4.54. The first-order chi connectivity index (χ1) is 10.8. The Morgan fingerprint density at radius 3 is 2.55 bits per heavy atom. The van der Waals surface area contributed by atoms with Crippen LogP contribution in [-0.4, -0.2) is 27.6 Å². The first kappa shape index (κ1) is 13.9. The van der Waals surface area contributed by atoms with E-state index in [9.17, 15) is 4.79 Å². The molecule has 110 valence electrons. The molecule has 0 radical (unpaired) electrons. The highest BCUT2D eigenvalue weighted by molar-refractivity contribution is 6.03. The molecule has 0 spiro atoms. The molecular weight excluding hydrogens is 280 g/mol. The predicted octanol–water partition coefficient (Wildman–Crippen LogP) is 2.80. The number of carbonyl (C=O) groups is 1. The molecule has 3 rings (SSSR count). The van der Waals surface area contributed by atoms with Crippen LogP contribution >= 0.6 is 0 Å². The molecule has 6 heteroatoms. The van der Waals surface area contributed by atoms with Crippen molar-refractivity contribution in [3.63, 3.8) is 0 Å². The van der Waals surface area contributed by atoms with E-state index in [1.54, 1.807) is 29.4 Å². The molecule has 0 aliphatic rings. The molecule has 1 aromatic carbocycles. The third-order valence-electron chi connectivity index (χ3n) is 3.18. The molecule has 1 amide bonds. The minimum atomic E-state index is -0.318. The van der Waals surface area contributed by atoms with Gasteiger partial charge in [-0.15, -0.1) is 0 Å². The van der Waals surface area contributed by atoms with Gasteiger partial charge in [0.15, 0.2) is 0 Å². The van der Waals surface area contributed by atoms with Crippen LogP contribution in [0.3, 0.4) is 0 Å². The van der Waals surface area contributed by atoms with Crippen LogP contribution in [0.25, 0.3) is 11.4 Å². The van der Waals surface area contributed by atoms with Crippen molar-refractivity contribution >= 4 is 11.6 Å². The number of anilines is 1. The highest BCUT2D eigenvalue weighted by Crippen LogP contribution is 2.18. The zero-order valence-electron chi connectivity index (χ0n) is 12.0. The minimum absolute atomic E-state index is 0.0301. The number of amides is 1. The molecule has 0 aliphatic carbocycles. The SMILES string of the molecule is CCN(C(=O)c1nc(-c2ccncc2)no1)c1ccccc1. The summed E-state index contributed by atoms with van der Waals surface area (Å²) in [5, 5.41) is 3.86. The molecule has 22 heavy (non-hydrogen) atoms. The van der Waals surface area contributed by atoms with E-state index in [2.05, 4.69) is 15.1 Å². The van der Waals surface area contributed by atoms with Crippen molar-refractivity contribution in [2.75, 3.05) is 11.4 Å². The molecule has 2 aromatic heterocycles. The summed E-state index contributed by atoms with van der Waals surface area (Å²) in [6.07, 6.45) is 3.27. The monoisotopic (exact) mass is 294 g/mol. The smallest absolute Gasteiger partial charge is 0.316 e. The van der Waals surface area contributed by atoms with Gasteiger partial charge in [0, 0.05) is 30.2 Å². The molecule has 0 fully saturated rings.